The fraction of sp³-hybridized carbons (Fsp3) is 1.00. The average molecular weight is 184 g/mol. The maximum atomic E-state index is 5.29. The molecule has 3 heteroatoms. The second kappa shape index (κ2) is 2.94. The summed E-state index contributed by atoms with van der Waals surface area (Å²) < 4.78 is 5.29. The normalized spacial score (nSPS) is 28.8. The molecule has 0 aromatic carbocycles. The number of ether oxygens (including phenoxy) is 1. The van der Waals surface area contributed by atoms with Crippen LogP contribution >= 0.6 is 0 Å². The third-order valence-corrected chi connectivity index (χ3v) is 3.08. The lowest BCUT2D eigenvalue weighted by Crippen LogP contribution is -2.72. The highest BCUT2D eigenvalue weighted by Gasteiger charge is 2.43. The smallest absolute Gasteiger partial charge is 0.0782 e. The minimum Gasteiger partial charge on any atom is -0.377 e. The van der Waals surface area contributed by atoms with Gasteiger partial charge in [0, 0.05) is 25.2 Å². The molecule has 2 fully saturated rings. The Morgan fingerprint density at radius 3 is 2.46 bits per heavy atom. The van der Waals surface area contributed by atoms with E-state index in [2.05, 4.69) is 31.0 Å². The predicted molar refractivity (Wildman–Crippen MR) is 52.9 cm³/mol. The van der Waals surface area contributed by atoms with Crippen LogP contribution in [0.5, 0.6) is 0 Å². The van der Waals surface area contributed by atoms with Crippen molar-refractivity contribution in [1.29, 1.82) is 0 Å². The first kappa shape index (κ1) is 9.44. The highest BCUT2D eigenvalue weighted by molar-refractivity contribution is 5.01. The van der Waals surface area contributed by atoms with E-state index in [0.717, 1.165) is 32.8 Å². The molecule has 1 spiro atoms. The van der Waals surface area contributed by atoms with Crippen LogP contribution in [0.2, 0.25) is 0 Å². The third-order valence-electron chi connectivity index (χ3n) is 3.08. The molecule has 0 saturated carbocycles. The first-order chi connectivity index (χ1) is 6.02. The van der Waals surface area contributed by atoms with Crippen LogP contribution in [0.15, 0.2) is 0 Å². The lowest BCUT2D eigenvalue weighted by atomic mass is 9.91. The molecule has 0 unspecified atom stereocenters. The summed E-state index contributed by atoms with van der Waals surface area (Å²) in [7, 11) is 0. The van der Waals surface area contributed by atoms with Crippen molar-refractivity contribution in [3.8, 4) is 0 Å². The van der Waals surface area contributed by atoms with E-state index in [1.807, 2.05) is 0 Å². The Morgan fingerprint density at radius 1 is 1.31 bits per heavy atom. The van der Waals surface area contributed by atoms with Crippen molar-refractivity contribution >= 4 is 0 Å². The molecular formula is C10H20N2O. The summed E-state index contributed by atoms with van der Waals surface area (Å²) in [5.74, 6) is 0. The zero-order valence-corrected chi connectivity index (χ0v) is 8.89. The van der Waals surface area contributed by atoms with E-state index in [9.17, 15) is 0 Å². The second-order valence-electron chi connectivity index (χ2n) is 5.29. The van der Waals surface area contributed by atoms with Crippen LogP contribution in [-0.4, -0.2) is 48.8 Å². The summed E-state index contributed by atoms with van der Waals surface area (Å²) in [6, 6.07) is 0. The highest BCUT2D eigenvalue weighted by atomic mass is 16.5. The van der Waals surface area contributed by atoms with Gasteiger partial charge in [0.25, 0.3) is 0 Å². The van der Waals surface area contributed by atoms with Crippen LogP contribution in [0.4, 0.5) is 0 Å². The molecule has 0 aliphatic carbocycles. The van der Waals surface area contributed by atoms with Gasteiger partial charge in [0.05, 0.1) is 18.8 Å². The van der Waals surface area contributed by atoms with Crippen LogP contribution in [-0.2, 0) is 4.74 Å². The van der Waals surface area contributed by atoms with E-state index < -0.39 is 0 Å². The Labute approximate surface area is 80.4 Å². The average Bonchev–Trinajstić information content (AvgIpc) is 2.00. The molecule has 1 N–H and O–H groups in total. The van der Waals surface area contributed by atoms with Gasteiger partial charge in [0.2, 0.25) is 0 Å². The number of nitrogens with one attached hydrogen (secondary N) is 1. The Kier molecular flexibility index (Phi) is 2.13. The predicted octanol–water partition coefficient (Wildman–Crippen LogP) is 0.459. The third kappa shape index (κ3) is 1.73. The summed E-state index contributed by atoms with van der Waals surface area (Å²) in [4.78, 5) is 2.55. The van der Waals surface area contributed by atoms with Crippen LogP contribution in [0.1, 0.15) is 20.8 Å². The highest BCUT2D eigenvalue weighted by Crippen LogP contribution is 2.25. The molecule has 76 valence electrons. The lowest BCUT2D eigenvalue weighted by Gasteiger charge is -2.52. The van der Waals surface area contributed by atoms with Gasteiger partial charge in [0.15, 0.2) is 0 Å². The largest absolute Gasteiger partial charge is 0.377 e. The van der Waals surface area contributed by atoms with E-state index >= 15 is 0 Å². The van der Waals surface area contributed by atoms with Gasteiger partial charge < -0.3 is 10.1 Å². The quantitative estimate of drug-likeness (QED) is 0.592. The van der Waals surface area contributed by atoms with Crippen molar-refractivity contribution in [2.24, 2.45) is 0 Å². The van der Waals surface area contributed by atoms with Crippen LogP contribution in [0, 0.1) is 0 Å². The zero-order chi connectivity index (χ0) is 9.53. The number of rotatable bonds is 0. The first-order valence-electron chi connectivity index (χ1n) is 5.10. The van der Waals surface area contributed by atoms with Crippen LogP contribution in [0.25, 0.3) is 0 Å². The maximum Gasteiger partial charge on any atom is 0.0782 e. The fourth-order valence-corrected chi connectivity index (χ4v) is 2.07. The van der Waals surface area contributed by atoms with Gasteiger partial charge in [-0.3, -0.25) is 4.90 Å². The Morgan fingerprint density at radius 2 is 2.00 bits per heavy atom. The molecule has 0 atom stereocenters. The monoisotopic (exact) mass is 184 g/mol. The van der Waals surface area contributed by atoms with Crippen molar-refractivity contribution in [3.05, 3.63) is 0 Å². The fourth-order valence-electron chi connectivity index (χ4n) is 2.07. The van der Waals surface area contributed by atoms with Gasteiger partial charge in [0.1, 0.15) is 0 Å². The minimum absolute atomic E-state index is 0.283. The van der Waals surface area contributed by atoms with Gasteiger partial charge >= 0.3 is 0 Å². The molecule has 0 aromatic rings. The molecule has 0 bridgehead atoms. The Balaban J connectivity index is 2.00. The zero-order valence-electron chi connectivity index (χ0n) is 8.89. The minimum atomic E-state index is 0.283. The molecule has 2 heterocycles. The Hall–Kier alpha value is -0.120. The maximum absolute atomic E-state index is 5.29. The van der Waals surface area contributed by atoms with Crippen molar-refractivity contribution in [3.63, 3.8) is 0 Å². The second-order valence-corrected chi connectivity index (χ2v) is 5.29. The molecule has 0 amide bonds. The molecule has 0 aromatic heterocycles. The lowest BCUT2D eigenvalue weighted by molar-refractivity contribution is -0.112. The molecule has 13 heavy (non-hydrogen) atoms. The van der Waals surface area contributed by atoms with Crippen molar-refractivity contribution < 1.29 is 4.74 Å². The van der Waals surface area contributed by atoms with Crippen LogP contribution in [0.3, 0.4) is 0 Å². The molecule has 2 aliphatic rings. The van der Waals surface area contributed by atoms with E-state index in [4.69, 9.17) is 4.74 Å². The van der Waals surface area contributed by atoms with Gasteiger partial charge in [-0.2, -0.15) is 0 Å². The van der Waals surface area contributed by atoms with E-state index in [1.54, 1.807) is 0 Å². The molecule has 2 rings (SSSR count). The Bertz CT molecular complexity index is 194. The van der Waals surface area contributed by atoms with Crippen molar-refractivity contribution in [2.45, 2.75) is 31.8 Å². The molecule has 3 nitrogen and oxygen atoms in total. The molecule has 2 saturated heterocycles. The summed E-state index contributed by atoms with van der Waals surface area (Å²) in [5, 5.41) is 3.57. The first-order valence-corrected chi connectivity index (χ1v) is 5.10. The number of hydrogen-bond donors (Lipinski definition) is 1. The standard InChI is InChI=1S/C10H20N2O/c1-9(2,3)12-5-4-11-10(6-12)7-13-8-10/h11H,4-8H2,1-3H3. The van der Waals surface area contributed by atoms with Gasteiger partial charge in [-0.25, -0.2) is 0 Å². The molecule has 0 radical (unpaired) electrons. The van der Waals surface area contributed by atoms with E-state index in [-0.39, 0.29) is 5.54 Å². The number of nitrogens with zero attached hydrogens (tertiary/aromatic N) is 1. The van der Waals surface area contributed by atoms with Crippen molar-refractivity contribution in [2.75, 3.05) is 32.8 Å². The topological polar surface area (TPSA) is 24.5 Å². The van der Waals surface area contributed by atoms with Gasteiger partial charge in [-0.05, 0) is 20.8 Å². The summed E-state index contributed by atoms with van der Waals surface area (Å²) in [5.41, 5.74) is 0.580. The van der Waals surface area contributed by atoms with Crippen molar-refractivity contribution in [1.82, 2.24) is 10.2 Å². The van der Waals surface area contributed by atoms with E-state index in [1.165, 1.54) is 0 Å². The SMILES string of the molecule is CC(C)(C)N1CCNC2(COC2)C1. The van der Waals surface area contributed by atoms with Crippen LogP contribution < -0.4 is 5.32 Å². The number of piperazine rings is 1. The van der Waals surface area contributed by atoms with Gasteiger partial charge in [-0.15, -0.1) is 0 Å². The van der Waals surface area contributed by atoms with E-state index in [0.29, 0.717) is 5.54 Å². The summed E-state index contributed by atoms with van der Waals surface area (Å²) in [6.45, 7) is 12.0. The molecular weight excluding hydrogens is 164 g/mol. The number of hydrogen-bond acceptors (Lipinski definition) is 3. The van der Waals surface area contributed by atoms with Gasteiger partial charge in [-0.1, -0.05) is 0 Å². The summed E-state index contributed by atoms with van der Waals surface area (Å²) >= 11 is 0. The summed E-state index contributed by atoms with van der Waals surface area (Å²) in [6.07, 6.45) is 0. The molecule has 2 aliphatic heterocycles.